The molecule has 9 heteroatoms. The minimum absolute atomic E-state index is 0.0775. The van der Waals surface area contributed by atoms with Gasteiger partial charge < -0.3 is 14.7 Å². The van der Waals surface area contributed by atoms with Crippen LogP contribution in [0.2, 0.25) is 0 Å². The third-order valence-corrected chi connectivity index (χ3v) is 3.60. The molecule has 1 atom stereocenters. The number of hydrogen-bond donors (Lipinski definition) is 1. The molecule has 1 N–H and O–H groups in total. The summed E-state index contributed by atoms with van der Waals surface area (Å²) < 4.78 is 17.9. The summed E-state index contributed by atoms with van der Waals surface area (Å²) in [7, 11) is 0. The van der Waals surface area contributed by atoms with Crippen LogP contribution in [0.4, 0.5) is 10.3 Å². The van der Waals surface area contributed by atoms with Gasteiger partial charge in [0.05, 0.1) is 12.4 Å². The predicted octanol–water partition coefficient (Wildman–Crippen LogP) is 1.30. The van der Waals surface area contributed by atoms with Gasteiger partial charge in [-0.15, -0.1) is 0 Å². The average Bonchev–Trinajstić information content (AvgIpc) is 2.87. The second kappa shape index (κ2) is 6.67. The molecule has 1 amide bonds. The highest BCUT2D eigenvalue weighted by Crippen LogP contribution is 2.17. The molecule has 1 aliphatic heterocycles. The Morgan fingerprint density at radius 2 is 2.17 bits per heavy atom. The summed E-state index contributed by atoms with van der Waals surface area (Å²) in [5.74, 6) is 0.592. The number of aryl methyl sites for hydroxylation is 1. The molecule has 122 valence electrons. The maximum absolute atomic E-state index is 12.9. The molecule has 1 aliphatic rings. The van der Waals surface area contributed by atoms with Crippen LogP contribution < -0.4 is 5.32 Å². The number of carbonyl (C=O) groups is 1. The summed E-state index contributed by atoms with van der Waals surface area (Å²) in [6.45, 7) is 2.64. The quantitative estimate of drug-likeness (QED) is 0.906. The van der Waals surface area contributed by atoms with Crippen LogP contribution in [-0.2, 0) is 11.3 Å². The molecule has 0 aromatic carbocycles. The largest absolute Gasteiger partial charge is 0.342 e. The maximum Gasteiger partial charge on any atom is 0.246 e. The number of likely N-dealkylation sites (tertiary alicyclic amines) is 1. The predicted molar refractivity (Wildman–Crippen MR) is 77.7 cm³/mol. The van der Waals surface area contributed by atoms with Crippen LogP contribution in [0.1, 0.15) is 31.0 Å². The average molecular weight is 320 g/mol. The maximum atomic E-state index is 12.9. The zero-order chi connectivity index (χ0) is 16.2. The molecule has 1 saturated heterocycles. The first kappa shape index (κ1) is 15.3. The highest BCUT2D eigenvalue weighted by atomic mass is 19.1. The van der Waals surface area contributed by atoms with Crippen molar-refractivity contribution < 1.29 is 13.7 Å². The van der Waals surface area contributed by atoms with Crippen molar-refractivity contribution in [3.63, 3.8) is 0 Å². The van der Waals surface area contributed by atoms with Crippen molar-refractivity contribution in [1.82, 2.24) is 25.0 Å². The molecule has 0 spiro atoms. The van der Waals surface area contributed by atoms with Gasteiger partial charge in [0, 0.05) is 6.54 Å². The first-order chi connectivity index (χ1) is 11.1. The van der Waals surface area contributed by atoms with Gasteiger partial charge in [-0.1, -0.05) is 5.16 Å². The van der Waals surface area contributed by atoms with Crippen LogP contribution in [0, 0.1) is 12.7 Å². The van der Waals surface area contributed by atoms with Gasteiger partial charge in [0.15, 0.2) is 11.6 Å². The molecule has 0 bridgehead atoms. The molecule has 1 unspecified atom stereocenters. The van der Waals surface area contributed by atoms with E-state index in [2.05, 4.69) is 25.4 Å². The number of nitrogens with zero attached hydrogens (tertiary/aromatic N) is 5. The molecule has 3 rings (SSSR count). The lowest BCUT2D eigenvalue weighted by Gasteiger charge is -2.23. The molecule has 0 saturated carbocycles. The lowest BCUT2D eigenvalue weighted by atomic mass is 10.1. The number of anilines is 1. The van der Waals surface area contributed by atoms with Gasteiger partial charge in [0.25, 0.3) is 0 Å². The van der Waals surface area contributed by atoms with Crippen LogP contribution in [-0.4, -0.2) is 43.5 Å². The molecule has 2 aromatic rings. The Morgan fingerprint density at radius 3 is 2.87 bits per heavy atom. The van der Waals surface area contributed by atoms with Crippen molar-refractivity contribution in [2.24, 2.45) is 0 Å². The van der Waals surface area contributed by atoms with E-state index in [-0.39, 0.29) is 18.4 Å². The standard InChI is InChI=1S/C14H17FN6O2/c1-9-18-12(23-20-9)8-21-5-3-2-4-11(13(21)22)19-14-16-6-10(15)7-17-14/h6-7,11H,2-5,8H2,1H3,(H,16,17,19). The summed E-state index contributed by atoms with van der Waals surface area (Å²) in [6, 6.07) is -0.452. The summed E-state index contributed by atoms with van der Waals surface area (Å²) in [5.41, 5.74) is 0. The molecule has 0 aliphatic carbocycles. The highest BCUT2D eigenvalue weighted by Gasteiger charge is 2.28. The van der Waals surface area contributed by atoms with Crippen LogP contribution in [0.3, 0.4) is 0 Å². The van der Waals surface area contributed by atoms with E-state index in [9.17, 15) is 9.18 Å². The van der Waals surface area contributed by atoms with Gasteiger partial charge in [-0.3, -0.25) is 4.79 Å². The molecule has 23 heavy (non-hydrogen) atoms. The fraction of sp³-hybridized carbons (Fsp3) is 0.500. The topological polar surface area (TPSA) is 97.0 Å². The Hall–Kier alpha value is -2.58. The summed E-state index contributed by atoms with van der Waals surface area (Å²) in [6.07, 6.45) is 4.58. The monoisotopic (exact) mass is 320 g/mol. The Bertz CT molecular complexity index is 674. The lowest BCUT2D eigenvalue weighted by Crippen LogP contribution is -2.41. The fourth-order valence-electron chi connectivity index (χ4n) is 2.51. The summed E-state index contributed by atoms with van der Waals surface area (Å²) in [4.78, 5) is 26.2. The Balaban J connectivity index is 1.70. The Kier molecular flexibility index (Phi) is 4.45. The molecule has 3 heterocycles. The highest BCUT2D eigenvalue weighted by molar-refractivity contribution is 5.84. The van der Waals surface area contributed by atoms with Crippen LogP contribution >= 0.6 is 0 Å². The van der Waals surface area contributed by atoms with Gasteiger partial charge in [-0.2, -0.15) is 4.98 Å². The van der Waals surface area contributed by atoms with Crippen molar-refractivity contribution in [2.45, 2.75) is 38.8 Å². The second-order valence-corrected chi connectivity index (χ2v) is 5.41. The van der Waals surface area contributed by atoms with E-state index in [0.717, 1.165) is 25.2 Å². The van der Waals surface area contributed by atoms with Gasteiger partial charge in [0.1, 0.15) is 12.6 Å². The van der Waals surface area contributed by atoms with Crippen molar-refractivity contribution in [3.05, 3.63) is 29.9 Å². The van der Waals surface area contributed by atoms with E-state index in [1.807, 2.05) is 0 Å². The number of rotatable bonds is 4. The van der Waals surface area contributed by atoms with Crippen LogP contribution in [0.15, 0.2) is 16.9 Å². The lowest BCUT2D eigenvalue weighted by molar-refractivity contribution is -0.132. The number of nitrogens with one attached hydrogen (secondary N) is 1. The van der Waals surface area contributed by atoms with Gasteiger partial charge in [0.2, 0.25) is 17.7 Å². The first-order valence-electron chi connectivity index (χ1n) is 7.44. The minimum Gasteiger partial charge on any atom is -0.342 e. The van der Waals surface area contributed by atoms with E-state index in [4.69, 9.17) is 4.52 Å². The molecule has 1 fully saturated rings. The van der Waals surface area contributed by atoms with E-state index < -0.39 is 11.9 Å². The molecule has 0 radical (unpaired) electrons. The Labute approximate surface area is 132 Å². The zero-order valence-corrected chi connectivity index (χ0v) is 12.7. The van der Waals surface area contributed by atoms with Gasteiger partial charge in [-0.05, 0) is 26.2 Å². The van der Waals surface area contributed by atoms with Crippen molar-refractivity contribution >= 4 is 11.9 Å². The van der Waals surface area contributed by atoms with E-state index in [0.29, 0.717) is 24.7 Å². The van der Waals surface area contributed by atoms with Gasteiger partial charge >= 0.3 is 0 Å². The Morgan fingerprint density at radius 1 is 1.39 bits per heavy atom. The number of aromatic nitrogens is 4. The summed E-state index contributed by atoms with van der Waals surface area (Å²) in [5, 5.41) is 6.70. The molecular weight excluding hydrogens is 303 g/mol. The second-order valence-electron chi connectivity index (χ2n) is 5.41. The number of halogens is 1. The minimum atomic E-state index is -0.517. The van der Waals surface area contributed by atoms with E-state index in [1.54, 1.807) is 11.8 Å². The van der Waals surface area contributed by atoms with Crippen LogP contribution in [0.25, 0.3) is 0 Å². The van der Waals surface area contributed by atoms with E-state index in [1.165, 1.54) is 0 Å². The molecule has 2 aromatic heterocycles. The third kappa shape index (κ3) is 3.79. The smallest absolute Gasteiger partial charge is 0.246 e. The third-order valence-electron chi connectivity index (χ3n) is 3.60. The number of amides is 1. The fourth-order valence-corrected chi connectivity index (χ4v) is 2.51. The number of carbonyl (C=O) groups excluding carboxylic acids is 1. The zero-order valence-electron chi connectivity index (χ0n) is 12.7. The normalized spacial score (nSPS) is 18.8. The van der Waals surface area contributed by atoms with Crippen LogP contribution in [0.5, 0.6) is 0 Å². The molecule has 8 nitrogen and oxygen atoms in total. The summed E-state index contributed by atoms with van der Waals surface area (Å²) >= 11 is 0. The van der Waals surface area contributed by atoms with Crippen molar-refractivity contribution in [1.29, 1.82) is 0 Å². The van der Waals surface area contributed by atoms with Gasteiger partial charge in [-0.25, -0.2) is 14.4 Å². The van der Waals surface area contributed by atoms with E-state index >= 15 is 0 Å². The number of hydrogen-bond acceptors (Lipinski definition) is 7. The SMILES string of the molecule is Cc1noc(CN2CCCCC(Nc3ncc(F)cn3)C2=O)n1. The first-order valence-corrected chi connectivity index (χ1v) is 7.44. The van der Waals surface area contributed by atoms with Crippen molar-refractivity contribution in [2.75, 3.05) is 11.9 Å². The van der Waals surface area contributed by atoms with Crippen molar-refractivity contribution in [3.8, 4) is 0 Å². The molecular formula is C14H17FN6O2.